The molecular formula is C13H11N3O2S. The van der Waals surface area contributed by atoms with Gasteiger partial charge in [-0.25, -0.2) is 0 Å². The fraction of sp³-hybridized carbons (Fsp3) is 0.0769. The van der Waals surface area contributed by atoms with Crippen LogP contribution in [0.25, 0.3) is 0 Å². The Balaban J connectivity index is 1.91. The number of nitriles is 1. The van der Waals surface area contributed by atoms with Gasteiger partial charge in [-0.05, 0) is 23.6 Å². The number of thiophene rings is 1. The smallest absolute Gasteiger partial charge is 0.262 e. The molecule has 1 amide bonds. The second-order valence-electron chi connectivity index (χ2n) is 3.68. The van der Waals surface area contributed by atoms with Crippen LogP contribution in [0.4, 0.5) is 10.7 Å². The number of hydrogen-bond acceptors (Lipinski definition) is 5. The summed E-state index contributed by atoms with van der Waals surface area (Å²) < 4.78 is 5.30. The van der Waals surface area contributed by atoms with Crippen molar-refractivity contribution in [2.24, 2.45) is 0 Å². The zero-order chi connectivity index (χ0) is 13.7. The standard InChI is InChI=1S/C13H11N3O2S/c14-7-9-4-5-19-13(9)16-12(17)8-18-11-3-1-2-10(15)6-11/h1-6H,8,15H2,(H,16,17). The molecule has 0 aliphatic rings. The lowest BCUT2D eigenvalue weighted by Crippen LogP contribution is -2.20. The third-order valence-corrected chi connectivity index (χ3v) is 3.10. The van der Waals surface area contributed by atoms with E-state index in [4.69, 9.17) is 15.7 Å². The maximum Gasteiger partial charge on any atom is 0.262 e. The Morgan fingerprint density at radius 2 is 2.32 bits per heavy atom. The number of rotatable bonds is 4. The van der Waals surface area contributed by atoms with E-state index in [-0.39, 0.29) is 12.5 Å². The molecule has 0 saturated carbocycles. The van der Waals surface area contributed by atoms with Crippen molar-refractivity contribution < 1.29 is 9.53 Å². The van der Waals surface area contributed by atoms with E-state index in [0.717, 1.165) is 0 Å². The van der Waals surface area contributed by atoms with Gasteiger partial charge in [0, 0.05) is 11.8 Å². The van der Waals surface area contributed by atoms with Gasteiger partial charge in [0.15, 0.2) is 6.61 Å². The summed E-state index contributed by atoms with van der Waals surface area (Å²) in [4.78, 5) is 11.7. The van der Waals surface area contributed by atoms with E-state index < -0.39 is 0 Å². The molecule has 0 unspecified atom stereocenters. The van der Waals surface area contributed by atoms with Crippen molar-refractivity contribution in [3.05, 3.63) is 41.3 Å². The third-order valence-electron chi connectivity index (χ3n) is 2.27. The molecule has 19 heavy (non-hydrogen) atoms. The summed E-state index contributed by atoms with van der Waals surface area (Å²) in [5, 5.41) is 13.7. The third kappa shape index (κ3) is 3.47. The molecule has 2 rings (SSSR count). The minimum atomic E-state index is -0.318. The number of benzene rings is 1. The normalized spacial score (nSPS) is 9.63. The number of ether oxygens (including phenoxy) is 1. The Morgan fingerprint density at radius 1 is 1.47 bits per heavy atom. The lowest BCUT2D eigenvalue weighted by Gasteiger charge is -2.07. The maximum absolute atomic E-state index is 11.7. The quantitative estimate of drug-likeness (QED) is 0.836. The van der Waals surface area contributed by atoms with E-state index in [2.05, 4.69) is 5.32 Å². The van der Waals surface area contributed by atoms with Gasteiger partial charge in [0.25, 0.3) is 5.91 Å². The Hall–Kier alpha value is -2.52. The van der Waals surface area contributed by atoms with Crippen molar-refractivity contribution >= 4 is 27.9 Å². The van der Waals surface area contributed by atoms with E-state index in [9.17, 15) is 4.79 Å². The summed E-state index contributed by atoms with van der Waals surface area (Å²) in [5.41, 5.74) is 6.62. The Kier molecular flexibility index (Phi) is 4.00. The predicted molar refractivity (Wildman–Crippen MR) is 74.0 cm³/mol. The molecule has 0 aliphatic carbocycles. The number of anilines is 2. The van der Waals surface area contributed by atoms with Gasteiger partial charge in [0.2, 0.25) is 0 Å². The number of carbonyl (C=O) groups is 1. The molecule has 0 bridgehead atoms. The summed E-state index contributed by atoms with van der Waals surface area (Å²) >= 11 is 1.30. The molecule has 96 valence electrons. The van der Waals surface area contributed by atoms with Crippen molar-refractivity contribution in [3.8, 4) is 11.8 Å². The average molecular weight is 273 g/mol. The topological polar surface area (TPSA) is 88.1 Å². The number of hydrogen-bond donors (Lipinski definition) is 2. The summed E-state index contributed by atoms with van der Waals surface area (Å²) in [6.45, 7) is -0.133. The van der Waals surface area contributed by atoms with Crippen molar-refractivity contribution in [2.45, 2.75) is 0 Å². The molecular weight excluding hydrogens is 262 g/mol. The molecule has 5 nitrogen and oxygen atoms in total. The number of nitrogen functional groups attached to an aromatic ring is 1. The second kappa shape index (κ2) is 5.89. The lowest BCUT2D eigenvalue weighted by atomic mass is 10.3. The number of carbonyl (C=O) groups excluding carboxylic acids is 1. The summed E-state index contributed by atoms with van der Waals surface area (Å²) in [6.07, 6.45) is 0. The van der Waals surface area contributed by atoms with Crippen molar-refractivity contribution in [3.63, 3.8) is 0 Å². The van der Waals surface area contributed by atoms with Gasteiger partial charge in [0.05, 0.1) is 5.56 Å². The summed E-state index contributed by atoms with van der Waals surface area (Å²) in [6, 6.07) is 10.5. The van der Waals surface area contributed by atoms with Crippen molar-refractivity contribution in [2.75, 3.05) is 17.7 Å². The SMILES string of the molecule is N#Cc1ccsc1NC(=O)COc1cccc(N)c1. The first-order chi connectivity index (χ1) is 9.19. The largest absolute Gasteiger partial charge is 0.484 e. The summed E-state index contributed by atoms with van der Waals surface area (Å²) in [5.74, 6) is 0.211. The molecule has 0 radical (unpaired) electrons. The molecule has 0 atom stereocenters. The van der Waals surface area contributed by atoms with Gasteiger partial charge in [-0.2, -0.15) is 5.26 Å². The highest BCUT2D eigenvalue weighted by atomic mass is 32.1. The first kappa shape index (κ1) is 12.9. The fourth-order valence-electron chi connectivity index (χ4n) is 1.41. The van der Waals surface area contributed by atoms with Gasteiger partial charge in [0.1, 0.15) is 16.8 Å². The van der Waals surface area contributed by atoms with Crippen LogP contribution >= 0.6 is 11.3 Å². The van der Waals surface area contributed by atoms with Crippen molar-refractivity contribution in [1.29, 1.82) is 5.26 Å². The molecule has 0 aliphatic heterocycles. The van der Waals surface area contributed by atoms with Gasteiger partial charge in [-0.15, -0.1) is 11.3 Å². The number of nitrogens with two attached hydrogens (primary N) is 1. The monoisotopic (exact) mass is 273 g/mol. The second-order valence-corrected chi connectivity index (χ2v) is 4.60. The minimum absolute atomic E-state index is 0.133. The fourth-order valence-corrected chi connectivity index (χ4v) is 2.16. The average Bonchev–Trinajstić information content (AvgIpc) is 2.84. The molecule has 1 heterocycles. The van der Waals surface area contributed by atoms with Crippen LogP contribution in [0.2, 0.25) is 0 Å². The molecule has 2 aromatic rings. The lowest BCUT2D eigenvalue weighted by molar-refractivity contribution is -0.118. The zero-order valence-electron chi connectivity index (χ0n) is 9.92. The highest BCUT2D eigenvalue weighted by Gasteiger charge is 2.08. The van der Waals surface area contributed by atoms with Crippen LogP contribution in [0.1, 0.15) is 5.56 Å². The highest BCUT2D eigenvalue weighted by Crippen LogP contribution is 2.22. The number of nitrogens with zero attached hydrogens (tertiary/aromatic N) is 1. The van der Waals surface area contributed by atoms with Crippen LogP contribution in [0, 0.1) is 11.3 Å². The van der Waals surface area contributed by atoms with Crippen LogP contribution in [0.15, 0.2) is 35.7 Å². The molecule has 0 saturated heterocycles. The molecule has 6 heteroatoms. The number of nitrogens with one attached hydrogen (secondary N) is 1. The predicted octanol–water partition coefficient (Wildman–Crippen LogP) is 2.22. The molecule has 1 aromatic heterocycles. The Bertz CT molecular complexity index is 631. The Morgan fingerprint density at radius 3 is 3.05 bits per heavy atom. The van der Waals surface area contributed by atoms with Crippen LogP contribution in [0.3, 0.4) is 0 Å². The van der Waals surface area contributed by atoms with E-state index in [1.807, 2.05) is 6.07 Å². The van der Waals surface area contributed by atoms with Crippen molar-refractivity contribution in [1.82, 2.24) is 0 Å². The van der Waals surface area contributed by atoms with Gasteiger partial charge in [-0.3, -0.25) is 4.79 Å². The number of amides is 1. The zero-order valence-corrected chi connectivity index (χ0v) is 10.7. The van der Waals surface area contributed by atoms with E-state index >= 15 is 0 Å². The van der Waals surface area contributed by atoms with Gasteiger partial charge < -0.3 is 15.8 Å². The summed E-state index contributed by atoms with van der Waals surface area (Å²) in [7, 11) is 0. The van der Waals surface area contributed by atoms with E-state index in [0.29, 0.717) is 22.0 Å². The maximum atomic E-state index is 11.7. The van der Waals surface area contributed by atoms with Crippen LogP contribution < -0.4 is 15.8 Å². The highest BCUT2D eigenvalue weighted by molar-refractivity contribution is 7.14. The molecule has 1 aromatic carbocycles. The molecule has 0 fully saturated rings. The van der Waals surface area contributed by atoms with Crippen LogP contribution in [-0.2, 0) is 4.79 Å². The van der Waals surface area contributed by atoms with Crippen LogP contribution in [-0.4, -0.2) is 12.5 Å². The van der Waals surface area contributed by atoms with E-state index in [1.54, 1.807) is 35.7 Å². The van der Waals surface area contributed by atoms with Gasteiger partial charge >= 0.3 is 0 Å². The first-order valence-electron chi connectivity index (χ1n) is 5.45. The molecule has 0 spiro atoms. The van der Waals surface area contributed by atoms with Gasteiger partial charge in [-0.1, -0.05) is 6.07 Å². The molecule has 3 N–H and O–H groups in total. The minimum Gasteiger partial charge on any atom is -0.484 e. The first-order valence-corrected chi connectivity index (χ1v) is 6.33. The van der Waals surface area contributed by atoms with E-state index in [1.165, 1.54) is 11.3 Å². The Labute approximate surface area is 114 Å². The van der Waals surface area contributed by atoms with Crippen LogP contribution in [0.5, 0.6) is 5.75 Å².